The van der Waals surface area contributed by atoms with Crippen molar-refractivity contribution >= 4 is 40.7 Å². The van der Waals surface area contributed by atoms with Crippen LogP contribution >= 0.6 is 34.8 Å². The number of nitrogens with one attached hydrogen (secondary N) is 1. The van der Waals surface area contributed by atoms with Crippen LogP contribution in [0.4, 0.5) is 0 Å². The molecule has 1 aromatic heterocycles. The van der Waals surface area contributed by atoms with Crippen LogP contribution in [0.2, 0.25) is 15.1 Å². The highest BCUT2D eigenvalue weighted by molar-refractivity contribution is 6.35. The molecule has 0 bridgehead atoms. The van der Waals surface area contributed by atoms with Gasteiger partial charge in [-0.2, -0.15) is 5.10 Å². The third-order valence-electron chi connectivity index (χ3n) is 6.80. The van der Waals surface area contributed by atoms with Gasteiger partial charge in [0.25, 0.3) is 5.91 Å². The van der Waals surface area contributed by atoms with Gasteiger partial charge in [-0.15, -0.1) is 0 Å². The van der Waals surface area contributed by atoms with E-state index in [4.69, 9.17) is 39.9 Å². The van der Waals surface area contributed by atoms with Gasteiger partial charge in [-0.05, 0) is 80.8 Å². The number of halogens is 3. The van der Waals surface area contributed by atoms with Crippen LogP contribution in [0.1, 0.15) is 71.8 Å². The molecule has 0 aliphatic heterocycles. The predicted octanol–water partition coefficient (Wildman–Crippen LogP) is 7.17. The number of amides is 1. The number of fused-ring (bicyclic) bond motifs is 1. The van der Waals surface area contributed by atoms with Gasteiger partial charge in [0.1, 0.15) is 0 Å². The first kappa shape index (κ1) is 22.8. The number of aromatic nitrogens is 2. The van der Waals surface area contributed by atoms with Gasteiger partial charge in [0.15, 0.2) is 5.69 Å². The van der Waals surface area contributed by atoms with E-state index in [9.17, 15) is 4.79 Å². The molecule has 2 aliphatic rings. The SMILES string of the molecule is O=C(NC1CCC1)c1nn(-c2ccc(Cl)cc2Cl)c2c1CCCCC2Cc1cccc(Cl)c1. The standard InChI is InChI=1S/C26H26Cl3N3O/c27-18-7-3-5-16(14-18)13-17-6-1-2-10-21-24(26(33)30-20-8-4-9-20)31-32(25(17)21)23-12-11-19(28)15-22(23)29/h3,5,7,11-12,14-15,17,20H,1-2,4,6,8-10,13H2,(H,30,33). The maximum Gasteiger partial charge on any atom is 0.272 e. The molecular weight excluding hydrogens is 477 g/mol. The Bertz CT molecular complexity index is 1190. The van der Waals surface area contributed by atoms with Crippen molar-refractivity contribution in [2.24, 2.45) is 0 Å². The smallest absolute Gasteiger partial charge is 0.272 e. The van der Waals surface area contributed by atoms with E-state index in [0.29, 0.717) is 15.7 Å². The van der Waals surface area contributed by atoms with Crippen molar-refractivity contribution in [1.82, 2.24) is 15.1 Å². The van der Waals surface area contributed by atoms with Crippen LogP contribution in [0.15, 0.2) is 42.5 Å². The molecule has 1 atom stereocenters. The van der Waals surface area contributed by atoms with Gasteiger partial charge in [-0.3, -0.25) is 4.79 Å². The fraction of sp³-hybridized carbons (Fsp3) is 0.385. The van der Waals surface area contributed by atoms with Crippen molar-refractivity contribution in [3.05, 3.63) is 80.0 Å². The quantitative estimate of drug-likeness (QED) is 0.376. The summed E-state index contributed by atoms with van der Waals surface area (Å²) in [6.07, 6.45) is 8.04. The normalized spacial score (nSPS) is 18.3. The molecule has 5 rings (SSSR count). The second-order valence-corrected chi connectivity index (χ2v) is 10.4. The second kappa shape index (κ2) is 9.69. The Hall–Kier alpha value is -2.01. The molecule has 7 heteroatoms. The summed E-state index contributed by atoms with van der Waals surface area (Å²) in [4.78, 5) is 13.3. The van der Waals surface area contributed by atoms with E-state index >= 15 is 0 Å². The lowest BCUT2D eigenvalue weighted by molar-refractivity contribution is 0.0910. The Balaban J connectivity index is 1.62. The lowest BCUT2D eigenvalue weighted by Gasteiger charge is -2.26. The fourth-order valence-electron chi connectivity index (χ4n) is 4.93. The van der Waals surface area contributed by atoms with Crippen LogP contribution in [0.25, 0.3) is 5.69 Å². The second-order valence-electron chi connectivity index (χ2n) is 9.10. The zero-order valence-electron chi connectivity index (χ0n) is 18.3. The summed E-state index contributed by atoms with van der Waals surface area (Å²) in [5.74, 6) is 0.119. The van der Waals surface area contributed by atoms with E-state index in [1.807, 2.05) is 35.0 Å². The summed E-state index contributed by atoms with van der Waals surface area (Å²) in [5.41, 5.74) is 4.58. The van der Waals surface area contributed by atoms with Crippen molar-refractivity contribution in [2.75, 3.05) is 0 Å². The summed E-state index contributed by atoms with van der Waals surface area (Å²) >= 11 is 19.1. The first-order chi connectivity index (χ1) is 16.0. The lowest BCUT2D eigenvalue weighted by atomic mass is 9.90. The predicted molar refractivity (Wildman–Crippen MR) is 134 cm³/mol. The third kappa shape index (κ3) is 4.80. The molecular formula is C26H26Cl3N3O. The third-order valence-corrected chi connectivity index (χ3v) is 7.58. The molecule has 1 fully saturated rings. The maximum absolute atomic E-state index is 13.3. The van der Waals surface area contributed by atoms with E-state index in [-0.39, 0.29) is 17.9 Å². The summed E-state index contributed by atoms with van der Waals surface area (Å²) in [5, 5.41) is 9.86. The largest absolute Gasteiger partial charge is 0.348 e. The van der Waals surface area contributed by atoms with Crippen molar-refractivity contribution in [2.45, 2.75) is 63.3 Å². The molecule has 0 saturated heterocycles. The number of nitrogens with zero attached hydrogens (tertiary/aromatic N) is 2. The average molecular weight is 503 g/mol. The van der Waals surface area contributed by atoms with Crippen LogP contribution in [-0.2, 0) is 12.8 Å². The van der Waals surface area contributed by atoms with Crippen LogP contribution in [0, 0.1) is 0 Å². The molecule has 1 heterocycles. The number of benzene rings is 2. The Kier molecular flexibility index (Phi) is 6.69. The molecule has 0 spiro atoms. The van der Waals surface area contributed by atoms with Crippen LogP contribution in [0.5, 0.6) is 0 Å². The summed E-state index contributed by atoms with van der Waals surface area (Å²) < 4.78 is 1.89. The molecule has 172 valence electrons. The van der Waals surface area contributed by atoms with Gasteiger partial charge in [-0.25, -0.2) is 4.68 Å². The maximum atomic E-state index is 13.3. The van der Waals surface area contributed by atoms with Gasteiger partial charge < -0.3 is 5.32 Å². The molecule has 1 N–H and O–H groups in total. The van der Waals surface area contributed by atoms with Gasteiger partial charge in [0.05, 0.1) is 16.4 Å². The Morgan fingerprint density at radius 1 is 1.00 bits per heavy atom. The Labute approximate surface area is 209 Å². The summed E-state index contributed by atoms with van der Waals surface area (Å²) in [6, 6.07) is 13.7. The van der Waals surface area contributed by atoms with Gasteiger partial charge in [0.2, 0.25) is 0 Å². The molecule has 0 radical (unpaired) electrons. The number of hydrogen-bond acceptors (Lipinski definition) is 2. The van der Waals surface area contributed by atoms with Crippen molar-refractivity contribution in [1.29, 1.82) is 0 Å². The van der Waals surface area contributed by atoms with E-state index < -0.39 is 0 Å². The van der Waals surface area contributed by atoms with E-state index in [2.05, 4.69) is 11.4 Å². The highest BCUT2D eigenvalue weighted by Gasteiger charge is 2.32. The molecule has 4 nitrogen and oxygen atoms in total. The molecule has 1 amide bonds. The number of hydrogen-bond donors (Lipinski definition) is 1. The highest BCUT2D eigenvalue weighted by Crippen LogP contribution is 2.38. The Morgan fingerprint density at radius 2 is 1.82 bits per heavy atom. The van der Waals surface area contributed by atoms with Crippen molar-refractivity contribution in [3.63, 3.8) is 0 Å². The molecule has 2 aliphatic carbocycles. The van der Waals surface area contributed by atoms with Gasteiger partial charge >= 0.3 is 0 Å². The summed E-state index contributed by atoms with van der Waals surface area (Å²) in [7, 11) is 0. The molecule has 1 unspecified atom stereocenters. The highest BCUT2D eigenvalue weighted by atomic mass is 35.5. The topological polar surface area (TPSA) is 46.9 Å². The minimum atomic E-state index is -0.0804. The zero-order valence-corrected chi connectivity index (χ0v) is 20.6. The van der Waals surface area contributed by atoms with Crippen LogP contribution in [-0.4, -0.2) is 21.7 Å². The first-order valence-corrected chi connectivity index (χ1v) is 12.8. The zero-order chi connectivity index (χ0) is 22.9. The van der Waals surface area contributed by atoms with Crippen LogP contribution in [0.3, 0.4) is 0 Å². The number of carbonyl (C=O) groups excluding carboxylic acids is 1. The minimum Gasteiger partial charge on any atom is -0.348 e. The molecule has 1 saturated carbocycles. The minimum absolute atomic E-state index is 0.0804. The van der Waals surface area contributed by atoms with Gasteiger partial charge in [-0.1, -0.05) is 53.4 Å². The van der Waals surface area contributed by atoms with E-state index in [1.165, 1.54) is 12.0 Å². The Morgan fingerprint density at radius 3 is 2.55 bits per heavy atom. The van der Waals surface area contributed by atoms with Gasteiger partial charge in [0, 0.05) is 27.6 Å². The number of carbonyl (C=O) groups is 1. The van der Waals surface area contributed by atoms with E-state index in [1.54, 1.807) is 6.07 Å². The van der Waals surface area contributed by atoms with E-state index in [0.717, 1.165) is 66.9 Å². The number of rotatable bonds is 5. The van der Waals surface area contributed by atoms with Crippen LogP contribution < -0.4 is 5.32 Å². The summed E-state index contributed by atoms with van der Waals surface area (Å²) in [6.45, 7) is 0. The lowest BCUT2D eigenvalue weighted by Crippen LogP contribution is -2.40. The average Bonchev–Trinajstić information content (AvgIpc) is 3.00. The molecule has 33 heavy (non-hydrogen) atoms. The monoisotopic (exact) mass is 501 g/mol. The van der Waals surface area contributed by atoms with Crippen molar-refractivity contribution in [3.8, 4) is 5.69 Å². The molecule has 2 aromatic carbocycles. The molecule has 3 aromatic rings. The van der Waals surface area contributed by atoms with Crippen molar-refractivity contribution < 1.29 is 4.79 Å². The first-order valence-electron chi connectivity index (χ1n) is 11.6. The fourth-order valence-corrected chi connectivity index (χ4v) is 5.63.